The summed E-state index contributed by atoms with van der Waals surface area (Å²) in [6, 6.07) is 15.8. The second kappa shape index (κ2) is 7.66. The Hall–Kier alpha value is -3.45. The number of halogens is 1. The van der Waals surface area contributed by atoms with Gasteiger partial charge in [0.05, 0.1) is 18.2 Å². The molecule has 0 aliphatic rings. The average Bonchev–Trinajstić information content (AvgIpc) is 3.20. The third-order valence-corrected chi connectivity index (χ3v) is 4.22. The Kier molecular flexibility index (Phi) is 4.90. The van der Waals surface area contributed by atoms with Crippen LogP contribution in [-0.2, 0) is 11.3 Å². The quantitative estimate of drug-likeness (QED) is 0.367. The molecule has 0 amide bonds. The molecule has 4 rings (SSSR count). The van der Waals surface area contributed by atoms with Crippen molar-refractivity contribution in [3.63, 3.8) is 0 Å². The highest BCUT2D eigenvalue weighted by Crippen LogP contribution is 2.22. The minimum atomic E-state index is -0.502. The molecular formula is C20H14ClN3O4. The topological polar surface area (TPSA) is 87.3 Å². The Labute approximate surface area is 164 Å². The van der Waals surface area contributed by atoms with Crippen molar-refractivity contribution < 1.29 is 18.8 Å². The standard InChI is InChI=1S/C20H14ClN3O4/c1-26-15-4-2-3-13(10-15)19-23-18(28-24-19)11-27-20(25)14-5-7-16-12(9-14)6-8-17(21)22-16/h2-10H,11H2,1H3. The van der Waals surface area contributed by atoms with Crippen molar-refractivity contribution >= 4 is 28.5 Å². The summed E-state index contributed by atoms with van der Waals surface area (Å²) < 4.78 is 15.6. The Morgan fingerprint density at radius 1 is 1.11 bits per heavy atom. The molecule has 8 heteroatoms. The number of hydrogen-bond acceptors (Lipinski definition) is 7. The Morgan fingerprint density at radius 2 is 2.00 bits per heavy atom. The van der Waals surface area contributed by atoms with Crippen LogP contribution in [0.25, 0.3) is 22.3 Å². The first-order valence-electron chi connectivity index (χ1n) is 8.33. The maximum Gasteiger partial charge on any atom is 0.338 e. The van der Waals surface area contributed by atoms with Crippen LogP contribution in [0, 0.1) is 0 Å². The number of carbonyl (C=O) groups excluding carboxylic acids is 1. The number of nitrogens with zero attached hydrogens (tertiary/aromatic N) is 3. The van der Waals surface area contributed by atoms with Gasteiger partial charge in [0.1, 0.15) is 10.9 Å². The highest BCUT2D eigenvalue weighted by Gasteiger charge is 2.13. The number of fused-ring (bicyclic) bond motifs is 1. The maximum absolute atomic E-state index is 12.3. The number of pyridine rings is 1. The summed E-state index contributed by atoms with van der Waals surface area (Å²) in [4.78, 5) is 20.7. The lowest BCUT2D eigenvalue weighted by Gasteiger charge is -2.04. The molecule has 0 aliphatic carbocycles. The number of ether oxygens (including phenoxy) is 2. The molecule has 0 unspecified atom stereocenters. The van der Waals surface area contributed by atoms with E-state index in [9.17, 15) is 4.79 Å². The van der Waals surface area contributed by atoms with E-state index in [2.05, 4.69) is 15.1 Å². The van der Waals surface area contributed by atoms with E-state index in [1.807, 2.05) is 18.2 Å². The molecule has 140 valence electrons. The zero-order valence-corrected chi connectivity index (χ0v) is 15.5. The highest BCUT2D eigenvalue weighted by molar-refractivity contribution is 6.29. The van der Waals surface area contributed by atoms with Gasteiger partial charge in [-0.1, -0.05) is 28.9 Å². The number of rotatable bonds is 5. The van der Waals surface area contributed by atoms with Gasteiger partial charge < -0.3 is 14.0 Å². The van der Waals surface area contributed by atoms with Crippen LogP contribution in [0.4, 0.5) is 0 Å². The zero-order chi connectivity index (χ0) is 19.5. The fourth-order valence-electron chi connectivity index (χ4n) is 2.63. The molecule has 2 heterocycles. The SMILES string of the molecule is COc1cccc(-c2noc(COC(=O)c3ccc4nc(Cl)ccc4c3)n2)c1. The summed E-state index contributed by atoms with van der Waals surface area (Å²) in [5.41, 5.74) is 1.83. The van der Waals surface area contributed by atoms with Crippen molar-refractivity contribution in [1.29, 1.82) is 0 Å². The molecule has 0 saturated heterocycles. The lowest BCUT2D eigenvalue weighted by atomic mass is 10.1. The second-order valence-electron chi connectivity index (χ2n) is 5.86. The molecule has 4 aromatic rings. The van der Waals surface area contributed by atoms with Crippen molar-refractivity contribution in [2.24, 2.45) is 0 Å². The number of aromatic nitrogens is 3. The predicted molar refractivity (Wildman–Crippen MR) is 102 cm³/mol. The number of hydrogen-bond donors (Lipinski definition) is 0. The van der Waals surface area contributed by atoms with Gasteiger partial charge in [-0.2, -0.15) is 4.98 Å². The van der Waals surface area contributed by atoms with E-state index < -0.39 is 5.97 Å². The fraction of sp³-hybridized carbons (Fsp3) is 0.100. The van der Waals surface area contributed by atoms with Crippen LogP contribution in [0.2, 0.25) is 5.15 Å². The third-order valence-electron chi connectivity index (χ3n) is 4.01. The molecule has 28 heavy (non-hydrogen) atoms. The summed E-state index contributed by atoms with van der Waals surface area (Å²) in [5, 5.41) is 5.09. The van der Waals surface area contributed by atoms with E-state index in [-0.39, 0.29) is 12.5 Å². The number of esters is 1. The molecule has 7 nitrogen and oxygen atoms in total. The molecule has 0 spiro atoms. The molecule has 2 aromatic carbocycles. The summed E-state index contributed by atoms with van der Waals surface area (Å²) in [5.74, 6) is 0.763. The lowest BCUT2D eigenvalue weighted by Crippen LogP contribution is -2.05. The number of methoxy groups -OCH3 is 1. The van der Waals surface area contributed by atoms with Gasteiger partial charge in [0.15, 0.2) is 6.61 Å². The lowest BCUT2D eigenvalue weighted by molar-refractivity contribution is 0.0430. The molecule has 2 aromatic heterocycles. The summed E-state index contributed by atoms with van der Waals surface area (Å²) in [7, 11) is 1.58. The monoisotopic (exact) mass is 395 g/mol. The van der Waals surface area contributed by atoms with Gasteiger partial charge in [0, 0.05) is 10.9 Å². The minimum absolute atomic E-state index is 0.132. The van der Waals surface area contributed by atoms with Gasteiger partial charge >= 0.3 is 5.97 Å². The van der Waals surface area contributed by atoms with Crippen molar-refractivity contribution in [2.45, 2.75) is 6.61 Å². The van der Waals surface area contributed by atoms with E-state index in [1.165, 1.54) is 0 Å². The largest absolute Gasteiger partial charge is 0.497 e. The van der Waals surface area contributed by atoms with Crippen LogP contribution >= 0.6 is 11.6 Å². The van der Waals surface area contributed by atoms with Crippen LogP contribution in [0.3, 0.4) is 0 Å². The average molecular weight is 396 g/mol. The summed E-state index contributed by atoms with van der Waals surface area (Å²) in [6.45, 7) is -0.132. The Morgan fingerprint density at radius 3 is 2.86 bits per heavy atom. The molecule has 0 bridgehead atoms. The predicted octanol–water partition coefficient (Wildman–Crippen LogP) is 4.30. The van der Waals surface area contributed by atoms with E-state index in [1.54, 1.807) is 43.5 Å². The fourth-order valence-corrected chi connectivity index (χ4v) is 2.79. The van der Waals surface area contributed by atoms with Gasteiger partial charge in [-0.25, -0.2) is 9.78 Å². The van der Waals surface area contributed by atoms with Crippen LogP contribution < -0.4 is 4.74 Å². The Balaban J connectivity index is 1.45. The maximum atomic E-state index is 12.3. The van der Waals surface area contributed by atoms with E-state index >= 15 is 0 Å². The zero-order valence-electron chi connectivity index (χ0n) is 14.8. The highest BCUT2D eigenvalue weighted by atomic mass is 35.5. The first kappa shape index (κ1) is 17.9. The van der Waals surface area contributed by atoms with E-state index in [4.69, 9.17) is 25.6 Å². The van der Waals surface area contributed by atoms with E-state index in [0.29, 0.717) is 27.8 Å². The van der Waals surface area contributed by atoms with Gasteiger partial charge in [0.25, 0.3) is 5.89 Å². The second-order valence-corrected chi connectivity index (χ2v) is 6.25. The molecule has 0 N–H and O–H groups in total. The summed E-state index contributed by atoms with van der Waals surface area (Å²) >= 11 is 5.87. The van der Waals surface area contributed by atoms with Crippen molar-refractivity contribution in [2.75, 3.05) is 7.11 Å². The van der Waals surface area contributed by atoms with Crippen LogP contribution in [0.5, 0.6) is 5.75 Å². The van der Waals surface area contributed by atoms with Crippen molar-refractivity contribution in [3.8, 4) is 17.1 Å². The molecule has 0 saturated carbocycles. The van der Waals surface area contributed by atoms with Crippen LogP contribution in [0.15, 0.2) is 59.1 Å². The molecule has 0 atom stereocenters. The normalized spacial score (nSPS) is 10.8. The van der Waals surface area contributed by atoms with E-state index in [0.717, 1.165) is 10.9 Å². The molecule has 0 radical (unpaired) electrons. The van der Waals surface area contributed by atoms with Gasteiger partial charge in [-0.3, -0.25) is 0 Å². The molecule has 0 aliphatic heterocycles. The van der Waals surface area contributed by atoms with Gasteiger partial charge in [-0.05, 0) is 42.5 Å². The number of carbonyl (C=O) groups is 1. The van der Waals surface area contributed by atoms with Crippen molar-refractivity contribution in [3.05, 3.63) is 71.2 Å². The first-order chi connectivity index (χ1) is 13.6. The minimum Gasteiger partial charge on any atom is -0.497 e. The first-order valence-corrected chi connectivity index (χ1v) is 8.70. The van der Waals surface area contributed by atoms with Crippen molar-refractivity contribution in [1.82, 2.24) is 15.1 Å². The summed E-state index contributed by atoms with van der Waals surface area (Å²) in [6.07, 6.45) is 0. The Bertz CT molecular complexity index is 1160. The van der Waals surface area contributed by atoms with Gasteiger partial charge in [-0.15, -0.1) is 0 Å². The smallest absolute Gasteiger partial charge is 0.338 e. The van der Waals surface area contributed by atoms with Gasteiger partial charge in [0.2, 0.25) is 5.82 Å². The molecule has 0 fully saturated rings. The number of benzene rings is 2. The van der Waals surface area contributed by atoms with Crippen LogP contribution in [0.1, 0.15) is 16.2 Å². The third kappa shape index (κ3) is 3.79. The molecular weight excluding hydrogens is 382 g/mol. The van der Waals surface area contributed by atoms with Crippen LogP contribution in [-0.4, -0.2) is 28.2 Å².